The molecule has 0 unspecified atom stereocenters. The lowest BCUT2D eigenvalue weighted by Gasteiger charge is -2.30. The molecule has 194 valence electrons. The van der Waals surface area contributed by atoms with Crippen LogP contribution >= 0.6 is 23.2 Å². The minimum Gasteiger partial charge on any atom is -0.493 e. The van der Waals surface area contributed by atoms with Crippen molar-refractivity contribution in [3.8, 4) is 11.5 Å². The molecule has 1 atom stereocenters. The van der Waals surface area contributed by atoms with E-state index >= 15 is 0 Å². The Bertz CT molecular complexity index is 1480. The van der Waals surface area contributed by atoms with Crippen LogP contribution in [0.25, 0.3) is 5.70 Å². The number of nitrogens with one attached hydrogen (secondary N) is 1. The van der Waals surface area contributed by atoms with Gasteiger partial charge in [0, 0.05) is 15.6 Å². The van der Waals surface area contributed by atoms with Crippen LogP contribution in [0.5, 0.6) is 11.5 Å². The lowest BCUT2D eigenvalue weighted by molar-refractivity contribution is -0.138. The second-order valence-corrected chi connectivity index (χ2v) is 9.14. The summed E-state index contributed by atoms with van der Waals surface area (Å²) < 4.78 is 18.8. The van der Waals surface area contributed by atoms with Crippen molar-refractivity contribution in [3.63, 3.8) is 0 Å². The first-order valence-electron chi connectivity index (χ1n) is 11.9. The van der Waals surface area contributed by atoms with E-state index in [9.17, 15) is 4.79 Å². The van der Waals surface area contributed by atoms with Gasteiger partial charge in [0.15, 0.2) is 11.5 Å². The second kappa shape index (κ2) is 11.2. The zero-order valence-corrected chi connectivity index (χ0v) is 22.2. The Morgan fingerprint density at radius 1 is 1.03 bits per heavy atom. The van der Waals surface area contributed by atoms with Gasteiger partial charge in [0.1, 0.15) is 19.0 Å². The normalized spacial score (nSPS) is 14.5. The van der Waals surface area contributed by atoms with Crippen LogP contribution in [0.2, 0.25) is 10.0 Å². The molecule has 0 radical (unpaired) electrons. The Morgan fingerprint density at radius 3 is 2.50 bits per heavy atom. The number of rotatable bonds is 8. The fraction of sp³-hybridized carbons (Fsp3) is 0.179. The first-order valence-corrected chi connectivity index (χ1v) is 12.6. The Balaban J connectivity index is 1.58. The number of esters is 1. The van der Waals surface area contributed by atoms with Gasteiger partial charge in [0.2, 0.25) is 5.95 Å². The van der Waals surface area contributed by atoms with Crippen molar-refractivity contribution in [1.29, 1.82) is 0 Å². The third-order valence-electron chi connectivity index (χ3n) is 6.09. The minimum absolute atomic E-state index is 0.154. The summed E-state index contributed by atoms with van der Waals surface area (Å²) in [5.41, 5.74) is 3.22. The third-order valence-corrected chi connectivity index (χ3v) is 6.80. The first kappa shape index (κ1) is 25.6. The Kier molecular flexibility index (Phi) is 7.53. The molecule has 1 aromatic heterocycles. The number of hydrogen-bond donors (Lipinski definition) is 1. The van der Waals surface area contributed by atoms with Crippen molar-refractivity contribution in [2.45, 2.75) is 19.6 Å². The zero-order chi connectivity index (χ0) is 26.6. The van der Waals surface area contributed by atoms with Crippen LogP contribution in [0.15, 0.2) is 78.6 Å². The minimum atomic E-state index is -0.635. The molecule has 1 aliphatic rings. The molecule has 38 heavy (non-hydrogen) atoms. The maximum atomic E-state index is 13.4. The molecule has 0 saturated heterocycles. The van der Waals surface area contributed by atoms with Crippen molar-refractivity contribution >= 4 is 40.8 Å². The summed E-state index contributed by atoms with van der Waals surface area (Å²) in [7, 11) is 1.55. The summed E-state index contributed by atoms with van der Waals surface area (Å²) in [6, 6.07) is 19.7. The molecule has 8 nitrogen and oxygen atoms in total. The second-order valence-electron chi connectivity index (χ2n) is 8.33. The standard InChI is InChI=1S/C28H24Cl2N4O4/c1-3-37-27(35)24-25(17-8-5-4-6-9-17)33-28-31-16-32-34(28)26(24)18-12-13-22(23(14-18)36-2)38-15-19-20(29)10-7-11-21(19)30/h4-14,16,26H,3,15H2,1-2H3,(H,31,32,33)/t26-/m1/s1. The predicted molar refractivity (Wildman–Crippen MR) is 146 cm³/mol. The summed E-state index contributed by atoms with van der Waals surface area (Å²) in [5, 5.41) is 8.69. The van der Waals surface area contributed by atoms with Crippen LogP contribution in [0.3, 0.4) is 0 Å². The average Bonchev–Trinajstić information content (AvgIpc) is 3.41. The van der Waals surface area contributed by atoms with Crippen molar-refractivity contribution < 1.29 is 19.0 Å². The summed E-state index contributed by atoms with van der Waals surface area (Å²) in [6.45, 7) is 2.15. The quantitative estimate of drug-likeness (QED) is 0.263. The number of carbonyl (C=O) groups is 1. The molecule has 0 amide bonds. The molecular formula is C28H24Cl2N4O4. The molecule has 5 rings (SSSR count). The molecule has 3 aromatic carbocycles. The molecular weight excluding hydrogens is 527 g/mol. The van der Waals surface area contributed by atoms with E-state index in [1.54, 1.807) is 43.0 Å². The van der Waals surface area contributed by atoms with Crippen molar-refractivity contribution in [2.75, 3.05) is 19.0 Å². The zero-order valence-electron chi connectivity index (χ0n) is 20.7. The van der Waals surface area contributed by atoms with E-state index in [1.165, 1.54) is 6.33 Å². The molecule has 1 aliphatic heterocycles. The van der Waals surface area contributed by atoms with Gasteiger partial charge in [-0.2, -0.15) is 10.1 Å². The molecule has 0 saturated carbocycles. The number of halogens is 2. The monoisotopic (exact) mass is 550 g/mol. The summed E-state index contributed by atoms with van der Waals surface area (Å²) in [6.07, 6.45) is 1.44. The number of fused-ring (bicyclic) bond motifs is 1. The van der Waals surface area contributed by atoms with E-state index in [-0.39, 0.29) is 13.2 Å². The summed E-state index contributed by atoms with van der Waals surface area (Å²) in [4.78, 5) is 17.7. The van der Waals surface area contributed by atoms with Gasteiger partial charge in [-0.25, -0.2) is 9.48 Å². The average molecular weight is 551 g/mol. The lowest BCUT2D eigenvalue weighted by atomic mass is 9.92. The maximum absolute atomic E-state index is 13.4. The van der Waals surface area contributed by atoms with Crippen molar-refractivity contribution in [1.82, 2.24) is 14.8 Å². The molecule has 2 heterocycles. The van der Waals surface area contributed by atoms with Gasteiger partial charge in [-0.1, -0.05) is 65.7 Å². The fourth-order valence-electron chi connectivity index (χ4n) is 4.32. The van der Waals surface area contributed by atoms with Crippen molar-refractivity contribution in [3.05, 3.63) is 105 Å². The number of nitrogens with zero attached hydrogens (tertiary/aromatic N) is 3. The molecule has 10 heteroatoms. The molecule has 4 aromatic rings. The molecule has 0 aliphatic carbocycles. The van der Waals surface area contributed by atoms with Crippen LogP contribution in [-0.2, 0) is 16.1 Å². The number of aromatic nitrogens is 3. The Labute approximate surface area is 229 Å². The van der Waals surface area contributed by atoms with Crippen molar-refractivity contribution in [2.24, 2.45) is 0 Å². The Morgan fingerprint density at radius 2 is 1.79 bits per heavy atom. The van der Waals surface area contributed by atoms with E-state index < -0.39 is 12.0 Å². The van der Waals surface area contributed by atoms with Gasteiger partial charge in [0.05, 0.1) is 25.0 Å². The number of anilines is 1. The largest absolute Gasteiger partial charge is 0.493 e. The lowest BCUT2D eigenvalue weighted by Crippen LogP contribution is -2.30. The highest BCUT2D eigenvalue weighted by molar-refractivity contribution is 6.35. The SMILES string of the molecule is CCOC(=O)C1=C(c2ccccc2)Nc2ncnn2[C@@H]1c1ccc(OCc2c(Cl)cccc2Cl)c(OC)c1. The summed E-state index contributed by atoms with van der Waals surface area (Å²) >= 11 is 12.6. The van der Waals surface area contributed by atoms with Crippen LogP contribution in [-0.4, -0.2) is 34.5 Å². The van der Waals surface area contributed by atoms with Gasteiger partial charge >= 0.3 is 5.97 Å². The highest BCUT2D eigenvalue weighted by atomic mass is 35.5. The smallest absolute Gasteiger partial charge is 0.338 e. The predicted octanol–water partition coefficient (Wildman–Crippen LogP) is 6.16. The molecule has 0 spiro atoms. The molecule has 0 fully saturated rings. The van der Waals surface area contributed by atoms with Gasteiger partial charge in [-0.3, -0.25) is 0 Å². The highest BCUT2D eigenvalue weighted by Crippen LogP contribution is 2.41. The van der Waals surface area contributed by atoms with E-state index in [0.29, 0.717) is 44.3 Å². The maximum Gasteiger partial charge on any atom is 0.338 e. The molecule has 1 N–H and O–H groups in total. The number of carbonyl (C=O) groups excluding carboxylic acids is 1. The van der Waals surface area contributed by atoms with Crippen LogP contribution in [0, 0.1) is 0 Å². The Hall–Kier alpha value is -4.01. The van der Waals surface area contributed by atoms with E-state index in [1.807, 2.05) is 42.5 Å². The van der Waals surface area contributed by atoms with Gasteiger partial charge < -0.3 is 19.5 Å². The van der Waals surface area contributed by atoms with Crippen LogP contribution in [0.1, 0.15) is 29.7 Å². The van der Waals surface area contributed by atoms with Gasteiger partial charge in [-0.05, 0) is 42.3 Å². The number of ether oxygens (including phenoxy) is 3. The summed E-state index contributed by atoms with van der Waals surface area (Å²) in [5.74, 6) is 0.993. The number of methoxy groups -OCH3 is 1. The van der Waals surface area contributed by atoms with Gasteiger partial charge in [0.25, 0.3) is 0 Å². The molecule has 0 bridgehead atoms. The van der Waals surface area contributed by atoms with E-state index in [4.69, 9.17) is 37.4 Å². The highest BCUT2D eigenvalue weighted by Gasteiger charge is 2.36. The topological polar surface area (TPSA) is 87.5 Å². The van der Waals surface area contributed by atoms with Crippen LogP contribution in [0.4, 0.5) is 5.95 Å². The first-order chi connectivity index (χ1) is 18.5. The van der Waals surface area contributed by atoms with Gasteiger partial charge in [-0.15, -0.1) is 0 Å². The van der Waals surface area contributed by atoms with E-state index in [0.717, 1.165) is 11.1 Å². The van der Waals surface area contributed by atoms with E-state index in [2.05, 4.69) is 15.4 Å². The number of hydrogen-bond acceptors (Lipinski definition) is 7. The third kappa shape index (κ3) is 4.92. The van der Waals surface area contributed by atoms with Crippen LogP contribution < -0.4 is 14.8 Å². The number of benzene rings is 3. The fourth-order valence-corrected chi connectivity index (χ4v) is 4.83.